The predicted molar refractivity (Wildman–Crippen MR) is 73.8 cm³/mol. The molecule has 2 saturated heterocycles. The molecular weight excluding hydrogens is 258 g/mol. The molecule has 112 valence electrons. The zero-order chi connectivity index (χ0) is 14.7. The van der Waals surface area contributed by atoms with Crippen molar-refractivity contribution in [2.24, 2.45) is 5.92 Å². The summed E-state index contributed by atoms with van der Waals surface area (Å²) >= 11 is 0. The van der Waals surface area contributed by atoms with Crippen LogP contribution in [0.4, 0.5) is 0 Å². The van der Waals surface area contributed by atoms with E-state index in [0.29, 0.717) is 26.1 Å². The van der Waals surface area contributed by atoms with E-state index in [1.165, 1.54) is 6.92 Å². The number of amides is 3. The smallest absolute Gasteiger partial charge is 0.242 e. The van der Waals surface area contributed by atoms with E-state index in [4.69, 9.17) is 0 Å². The third-order valence-electron chi connectivity index (χ3n) is 4.22. The van der Waals surface area contributed by atoms with Gasteiger partial charge in [-0.05, 0) is 19.3 Å². The lowest BCUT2D eigenvalue weighted by molar-refractivity contribution is -0.148. The average molecular weight is 281 g/mol. The normalized spacial score (nSPS) is 27.2. The van der Waals surface area contributed by atoms with Gasteiger partial charge in [0.25, 0.3) is 0 Å². The predicted octanol–water partition coefficient (Wildman–Crippen LogP) is -0.0181. The fourth-order valence-electron chi connectivity index (χ4n) is 3.08. The third-order valence-corrected chi connectivity index (χ3v) is 4.22. The highest BCUT2D eigenvalue weighted by Gasteiger charge is 2.36. The molecule has 0 aromatic rings. The van der Waals surface area contributed by atoms with Gasteiger partial charge in [-0.3, -0.25) is 14.4 Å². The Bertz CT molecular complexity index is 410. The minimum absolute atomic E-state index is 0.0194. The highest BCUT2D eigenvalue weighted by molar-refractivity contribution is 5.90. The van der Waals surface area contributed by atoms with Crippen LogP contribution in [-0.2, 0) is 14.4 Å². The molecule has 6 nitrogen and oxygen atoms in total. The van der Waals surface area contributed by atoms with Gasteiger partial charge in [-0.15, -0.1) is 0 Å². The topological polar surface area (TPSA) is 69.7 Å². The molecule has 2 aliphatic rings. The van der Waals surface area contributed by atoms with E-state index in [-0.39, 0.29) is 29.7 Å². The maximum atomic E-state index is 12.6. The third kappa shape index (κ3) is 2.94. The second-order valence-electron chi connectivity index (χ2n) is 5.55. The molecule has 2 rings (SSSR count). The number of carbonyl (C=O) groups is 3. The quantitative estimate of drug-likeness (QED) is 0.773. The number of nitrogens with one attached hydrogen (secondary N) is 1. The number of hydrogen-bond donors (Lipinski definition) is 1. The molecule has 0 radical (unpaired) electrons. The number of nitrogens with zero attached hydrogens (tertiary/aromatic N) is 2. The van der Waals surface area contributed by atoms with Gasteiger partial charge in [0.1, 0.15) is 6.04 Å². The first-order chi connectivity index (χ1) is 9.54. The van der Waals surface area contributed by atoms with Crippen molar-refractivity contribution in [2.45, 2.75) is 39.2 Å². The SMILES string of the molecule is CCC1C(=O)NCCN1C(=O)C1CCCN(C(C)=O)C1. The van der Waals surface area contributed by atoms with Crippen molar-refractivity contribution in [1.29, 1.82) is 0 Å². The molecule has 6 heteroatoms. The van der Waals surface area contributed by atoms with Crippen LogP contribution in [0.2, 0.25) is 0 Å². The highest BCUT2D eigenvalue weighted by Crippen LogP contribution is 2.21. The molecule has 1 N–H and O–H groups in total. The van der Waals surface area contributed by atoms with Crippen LogP contribution in [0.1, 0.15) is 33.1 Å². The number of carbonyl (C=O) groups excluding carboxylic acids is 3. The summed E-state index contributed by atoms with van der Waals surface area (Å²) in [4.78, 5) is 39.4. The molecule has 0 aromatic heterocycles. The maximum absolute atomic E-state index is 12.6. The Balaban J connectivity index is 2.05. The largest absolute Gasteiger partial charge is 0.353 e. The molecule has 2 aliphatic heterocycles. The van der Waals surface area contributed by atoms with Crippen LogP contribution in [0.3, 0.4) is 0 Å². The molecular formula is C14H23N3O3. The van der Waals surface area contributed by atoms with E-state index in [2.05, 4.69) is 5.32 Å². The number of piperidine rings is 1. The second-order valence-corrected chi connectivity index (χ2v) is 5.55. The molecule has 2 heterocycles. The fourth-order valence-corrected chi connectivity index (χ4v) is 3.08. The molecule has 20 heavy (non-hydrogen) atoms. The molecule has 0 spiro atoms. The van der Waals surface area contributed by atoms with Crippen molar-refractivity contribution in [2.75, 3.05) is 26.2 Å². The molecule has 0 aliphatic carbocycles. The van der Waals surface area contributed by atoms with E-state index < -0.39 is 0 Å². The summed E-state index contributed by atoms with van der Waals surface area (Å²) < 4.78 is 0. The van der Waals surface area contributed by atoms with Gasteiger partial charge in [0.15, 0.2) is 0 Å². The molecule has 0 aromatic carbocycles. The molecule has 2 fully saturated rings. The summed E-state index contributed by atoms with van der Waals surface area (Å²) in [5.41, 5.74) is 0. The van der Waals surface area contributed by atoms with Crippen molar-refractivity contribution < 1.29 is 14.4 Å². The Morgan fingerprint density at radius 3 is 2.75 bits per heavy atom. The lowest BCUT2D eigenvalue weighted by Crippen LogP contribution is -2.59. The fraction of sp³-hybridized carbons (Fsp3) is 0.786. The number of rotatable bonds is 2. The molecule has 2 unspecified atom stereocenters. The van der Waals surface area contributed by atoms with Gasteiger partial charge in [-0.2, -0.15) is 0 Å². The second kappa shape index (κ2) is 6.24. The van der Waals surface area contributed by atoms with E-state index in [9.17, 15) is 14.4 Å². The van der Waals surface area contributed by atoms with Crippen molar-refractivity contribution in [3.63, 3.8) is 0 Å². The van der Waals surface area contributed by atoms with Crippen molar-refractivity contribution in [3.05, 3.63) is 0 Å². The van der Waals surface area contributed by atoms with E-state index >= 15 is 0 Å². The molecule has 0 bridgehead atoms. The van der Waals surface area contributed by atoms with Gasteiger partial charge in [0.05, 0.1) is 5.92 Å². The maximum Gasteiger partial charge on any atom is 0.242 e. The Morgan fingerprint density at radius 1 is 1.35 bits per heavy atom. The Labute approximate surface area is 119 Å². The van der Waals surface area contributed by atoms with Crippen LogP contribution >= 0.6 is 0 Å². The van der Waals surface area contributed by atoms with Gasteiger partial charge in [0.2, 0.25) is 17.7 Å². The minimum atomic E-state index is -0.357. The lowest BCUT2D eigenvalue weighted by Gasteiger charge is -2.39. The first kappa shape index (κ1) is 14.8. The van der Waals surface area contributed by atoms with E-state index in [1.807, 2.05) is 6.92 Å². The zero-order valence-electron chi connectivity index (χ0n) is 12.2. The zero-order valence-corrected chi connectivity index (χ0v) is 12.2. The summed E-state index contributed by atoms with van der Waals surface area (Å²) in [5, 5.41) is 2.80. The summed E-state index contributed by atoms with van der Waals surface area (Å²) in [6.07, 6.45) is 2.28. The lowest BCUT2D eigenvalue weighted by atomic mass is 9.95. The summed E-state index contributed by atoms with van der Waals surface area (Å²) in [5.74, 6) is -0.178. The first-order valence-corrected chi connectivity index (χ1v) is 7.38. The van der Waals surface area contributed by atoms with Gasteiger partial charge >= 0.3 is 0 Å². The first-order valence-electron chi connectivity index (χ1n) is 7.38. The Morgan fingerprint density at radius 2 is 2.10 bits per heavy atom. The number of hydrogen-bond acceptors (Lipinski definition) is 3. The number of piperazine rings is 1. The van der Waals surface area contributed by atoms with Crippen molar-refractivity contribution in [1.82, 2.24) is 15.1 Å². The molecule has 2 atom stereocenters. The summed E-state index contributed by atoms with van der Waals surface area (Å²) in [6, 6.07) is -0.357. The summed E-state index contributed by atoms with van der Waals surface area (Å²) in [6.45, 7) is 5.76. The van der Waals surface area contributed by atoms with Gasteiger partial charge in [0, 0.05) is 33.1 Å². The van der Waals surface area contributed by atoms with Crippen LogP contribution in [0, 0.1) is 5.92 Å². The Kier molecular flexibility index (Phi) is 4.62. The van der Waals surface area contributed by atoms with Gasteiger partial charge in [-0.25, -0.2) is 0 Å². The molecule has 3 amide bonds. The average Bonchev–Trinajstić information content (AvgIpc) is 2.46. The monoisotopic (exact) mass is 281 g/mol. The van der Waals surface area contributed by atoms with E-state index in [1.54, 1.807) is 9.80 Å². The Hall–Kier alpha value is -1.59. The van der Waals surface area contributed by atoms with Crippen LogP contribution in [0.5, 0.6) is 0 Å². The van der Waals surface area contributed by atoms with Crippen LogP contribution < -0.4 is 5.32 Å². The van der Waals surface area contributed by atoms with Gasteiger partial charge in [-0.1, -0.05) is 6.92 Å². The standard InChI is InChI=1S/C14H23N3O3/c1-3-12-13(19)15-6-8-17(12)14(20)11-5-4-7-16(9-11)10(2)18/h11-12H,3-9H2,1-2H3,(H,15,19). The van der Waals surface area contributed by atoms with Crippen LogP contribution in [0.15, 0.2) is 0 Å². The highest BCUT2D eigenvalue weighted by atomic mass is 16.2. The van der Waals surface area contributed by atoms with Crippen molar-refractivity contribution in [3.8, 4) is 0 Å². The van der Waals surface area contributed by atoms with Crippen molar-refractivity contribution >= 4 is 17.7 Å². The van der Waals surface area contributed by atoms with Crippen LogP contribution in [-0.4, -0.2) is 59.7 Å². The van der Waals surface area contributed by atoms with E-state index in [0.717, 1.165) is 19.4 Å². The minimum Gasteiger partial charge on any atom is -0.353 e. The van der Waals surface area contributed by atoms with Gasteiger partial charge < -0.3 is 15.1 Å². The number of likely N-dealkylation sites (tertiary alicyclic amines) is 1. The van der Waals surface area contributed by atoms with Crippen LogP contribution in [0.25, 0.3) is 0 Å². The molecule has 0 saturated carbocycles. The summed E-state index contributed by atoms with van der Waals surface area (Å²) in [7, 11) is 0.